The van der Waals surface area contributed by atoms with Crippen LogP contribution in [0.5, 0.6) is 0 Å². The number of hydrogen-bond donors (Lipinski definition) is 1. The van der Waals surface area contributed by atoms with Crippen molar-refractivity contribution in [2.45, 2.75) is 13.8 Å². The second-order valence-electron chi connectivity index (χ2n) is 4.31. The quantitative estimate of drug-likeness (QED) is 0.673. The zero-order valence-electron chi connectivity index (χ0n) is 11.2. The van der Waals surface area contributed by atoms with Crippen molar-refractivity contribution in [1.29, 1.82) is 5.26 Å². The molecule has 0 aliphatic carbocycles. The summed E-state index contributed by atoms with van der Waals surface area (Å²) < 4.78 is 0. The number of benzene rings is 1. The van der Waals surface area contributed by atoms with E-state index in [4.69, 9.17) is 5.26 Å². The lowest BCUT2D eigenvalue weighted by atomic mass is 10.2. The largest absolute Gasteiger partial charge is 0.340 e. The fraction of sp³-hybridized carbons (Fsp3) is 0.214. The van der Waals surface area contributed by atoms with Crippen LogP contribution in [-0.2, 0) is 0 Å². The van der Waals surface area contributed by atoms with Gasteiger partial charge in [0.1, 0.15) is 17.5 Å². The van der Waals surface area contributed by atoms with E-state index in [-0.39, 0.29) is 0 Å². The summed E-state index contributed by atoms with van der Waals surface area (Å²) in [6, 6.07) is 9.77. The van der Waals surface area contributed by atoms with Crippen LogP contribution in [0.3, 0.4) is 0 Å². The van der Waals surface area contributed by atoms with Crippen LogP contribution in [0, 0.1) is 25.3 Å². The lowest BCUT2D eigenvalue weighted by Gasteiger charge is -2.11. The van der Waals surface area contributed by atoms with Gasteiger partial charge in [0.2, 0.25) is 0 Å². The summed E-state index contributed by atoms with van der Waals surface area (Å²) in [5, 5.41) is 12.1. The van der Waals surface area contributed by atoms with Gasteiger partial charge in [-0.25, -0.2) is 9.97 Å². The van der Waals surface area contributed by atoms with Gasteiger partial charge in [0.05, 0.1) is 0 Å². The maximum atomic E-state index is 8.89. The molecular weight excluding hydrogens is 238 g/mol. The minimum absolute atomic E-state index is 0.574. The first-order chi connectivity index (χ1) is 9.08. The Kier molecular flexibility index (Phi) is 3.62. The molecule has 0 amide bonds. The van der Waals surface area contributed by atoms with Gasteiger partial charge in [-0.2, -0.15) is 5.26 Å². The molecule has 0 saturated carbocycles. The lowest BCUT2D eigenvalue weighted by Crippen LogP contribution is -2.12. The van der Waals surface area contributed by atoms with Gasteiger partial charge in [0.15, 0.2) is 6.19 Å². The van der Waals surface area contributed by atoms with E-state index < -0.39 is 0 Å². The van der Waals surface area contributed by atoms with Crippen LogP contribution < -0.4 is 10.2 Å². The Morgan fingerprint density at radius 3 is 2.47 bits per heavy atom. The zero-order valence-corrected chi connectivity index (χ0v) is 11.2. The number of aromatic nitrogens is 2. The van der Waals surface area contributed by atoms with E-state index in [9.17, 15) is 0 Å². The molecule has 96 valence electrons. The van der Waals surface area contributed by atoms with Crippen molar-refractivity contribution in [2.24, 2.45) is 0 Å². The van der Waals surface area contributed by atoms with Gasteiger partial charge in [-0.1, -0.05) is 17.7 Å². The van der Waals surface area contributed by atoms with Crippen LogP contribution in [-0.4, -0.2) is 17.0 Å². The Morgan fingerprint density at radius 2 is 1.84 bits per heavy atom. The molecule has 0 fully saturated rings. The molecule has 0 aliphatic heterocycles. The first kappa shape index (κ1) is 12.8. The van der Waals surface area contributed by atoms with Crippen molar-refractivity contribution in [1.82, 2.24) is 9.97 Å². The summed E-state index contributed by atoms with van der Waals surface area (Å²) in [6.07, 6.45) is 2.02. The summed E-state index contributed by atoms with van der Waals surface area (Å²) in [5.74, 6) is 1.87. The van der Waals surface area contributed by atoms with Crippen molar-refractivity contribution in [2.75, 3.05) is 17.3 Å². The number of nitriles is 1. The molecule has 5 nitrogen and oxygen atoms in total. The van der Waals surface area contributed by atoms with Crippen LogP contribution in [0.15, 0.2) is 30.3 Å². The lowest BCUT2D eigenvalue weighted by molar-refractivity contribution is 1.02. The second kappa shape index (κ2) is 5.36. The predicted octanol–water partition coefficient (Wildman–Crippen LogP) is 2.75. The van der Waals surface area contributed by atoms with E-state index in [1.54, 1.807) is 20.0 Å². The molecule has 0 saturated heterocycles. The number of anilines is 3. The van der Waals surface area contributed by atoms with Crippen LogP contribution in [0.2, 0.25) is 0 Å². The van der Waals surface area contributed by atoms with Gasteiger partial charge in [0, 0.05) is 18.8 Å². The molecule has 0 spiro atoms. The average molecular weight is 253 g/mol. The van der Waals surface area contributed by atoms with Crippen molar-refractivity contribution in [3.8, 4) is 6.19 Å². The summed E-state index contributed by atoms with van der Waals surface area (Å²) in [4.78, 5) is 9.92. The van der Waals surface area contributed by atoms with Crippen LogP contribution in [0.1, 0.15) is 11.4 Å². The summed E-state index contributed by atoms with van der Waals surface area (Å²) >= 11 is 0. The summed E-state index contributed by atoms with van der Waals surface area (Å²) in [7, 11) is 1.66. The molecule has 1 aromatic carbocycles. The van der Waals surface area contributed by atoms with Crippen molar-refractivity contribution in [3.63, 3.8) is 0 Å². The van der Waals surface area contributed by atoms with Gasteiger partial charge in [-0.15, -0.1) is 0 Å². The van der Waals surface area contributed by atoms with Crippen LogP contribution in [0.25, 0.3) is 0 Å². The smallest absolute Gasteiger partial charge is 0.185 e. The fourth-order valence-electron chi connectivity index (χ4n) is 1.62. The van der Waals surface area contributed by atoms with Crippen LogP contribution >= 0.6 is 0 Å². The van der Waals surface area contributed by atoms with E-state index in [2.05, 4.69) is 15.3 Å². The molecule has 0 atom stereocenters. The zero-order chi connectivity index (χ0) is 13.8. The normalized spacial score (nSPS) is 9.79. The molecule has 2 rings (SSSR count). The maximum Gasteiger partial charge on any atom is 0.185 e. The third-order valence-corrected chi connectivity index (χ3v) is 2.64. The van der Waals surface area contributed by atoms with E-state index in [0.717, 1.165) is 5.69 Å². The van der Waals surface area contributed by atoms with Crippen molar-refractivity contribution >= 4 is 17.3 Å². The molecule has 0 bridgehead atoms. The van der Waals surface area contributed by atoms with Crippen LogP contribution in [0.4, 0.5) is 17.3 Å². The third-order valence-electron chi connectivity index (χ3n) is 2.64. The minimum atomic E-state index is 0.574. The molecule has 1 N–H and O–H groups in total. The van der Waals surface area contributed by atoms with Gasteiger partial charge in [0.25, 0.3) is 0 Å². The number of hydrogen-bond acceptors (Lipinski definition) is 5. The molecular formula is C14H15N5. The van der Waals surface area contributed by atoms with Gasteiger partial charge >= 0.3 is 0 Å². The number of aryl methyl sites for hydroxylation is 2. The Hall–Kier alpha value is -2.61. The van der Waals surface area contributed by atoms with Gasteiger partial charge < -0.3 is 5.32 Å². The molecule has 19 heavy (non-hydrogen) atoms. The minimum Gasteiger partial charge on any atom is -0.340 e. The van der Waals surface area contributed by atoms with Crippen molar-refractivity contribution < 1.29 is 0 Å². The van der Waals surface area contributed by atoms with E-state index >= 15 is 0 Å². The monoisotopic (exact) mass is 253 g/mol. The average Bonchev–Trinajstić information content (AvgIpc) is 2.40. The second-order valence-corrected chi connectivity index (χ2v) is 4.31. The van der Waals surface area contributed by atoms with Gasteiger partial charge in [-0.05, 0) is 26.0 Å². The highest BCUT2D eigenvalue weighted by Gasteiger charge is 2.06. The number of rotatable bonds is 3. The SMILES string of the molecule is Cc1ccc(Nc2cc(N(C)C#N)nc(C)n2)cc1. The third kappa shape index (κ3) is 3.19. The first-order valence-electron chi connectivity index (χ1n) is 5.91. The van der Waals surface area contributed by atoms with E-state index in [1.165, 1.54) is 10.5 Å². The Morgan fingerprint density at radius 1 is 1.16 bits per heavy atom. The van der Waals surface area contributed by atoms with E-state index in [1.807, 2.05) is 37.4 Å². The number of nitrogens with one attached hydrogen (secondary N) is 1. The highest BCUT2D eigenvalue weighted by Crippen LogP contribution is 2.19. The number of nitrogens with zero attached hydrogens (tertiary/aromatic N) is 4. The fourth-order valence-corrected chi connectivity index (χ4v) is 1.62. The Balaban J connectivity index is 2.28. The first-order valence-corrected chi connectivity index (χ1v) is 5.91. The standard InChI is InChI=1S/C14H15N5/c1-10-4-6-12(7-5-10)18-13-8-14(19(3)9-15)17-11(2)16-13/h4-8H,1-3H3,(H,16,17,18). The molecule has 0 unspecified atom stereocenters. The molecule has 1 aromatic heterocycles. The molecule has 0 radical (unpaired) electrons. The predicted molar refractivity (Wildman–Crippen MR) is 75.2 cm³/mol. The van der Waals surface area contributed by atoms with Gasteiger partial charge in [-0.3, -0.25) is 4.90 Å². The Bertz CT molecular complexity index is 613. The Labute approximate surface area is 112 Å². The summed E-state index contributed by atoms with van der Waals surface area (Å²) in [6.45, 7) is 3.84. The molecule has 2 aromatic rings. The molecule has 1 heterocycles. The highest BCUT2D eigenvalue weighted by molar-refractivity contribution is 5.60. The van der Waals surface area contributed by atoms with Crippen molar-refractivity contribution in [3.05, 3.63) is 41.7 Å². The highest BCUT2D eigenvalue weighted by atomic mass is 15.2. The molecule has 0 aliphatic rings. The topological polar surface area (TPSA) is 64.8 Å². The summed E-state index contributed by atoms with van der Waals surface area (Å²) in [5.41, 5.74) is 2.16. The molecule has 5 heteroatoms. The van der Waals surface area contributed by atoms with E-state index in [0.29, 0.717) is 17.5 Å². The maximum absolute atomic E-state index is 8.89.